The number of nitrogen functional groups attached to an aromatic ring is 1. The van der Waals surface area contributed by atoms with Gasteiger partial charge in [0.25, 0.3) is 0 Å². The maximum absolute atomic E-state index is 5.94. The summed E-state index contributed by atoms with van der Waals surface area (Å²) in [6, 6.07) is 13.9. The van der Waals surface area contributed by atoms with E-state index in [1.807, 2.05) is 49.4 Å². The predicted molar refractivity (Wildman–Crippen MR) is 76.5 cm³/mol. The van der Waals surface area contributed by atoms with Gasteiger partial charge in [-0.1, -0.05) is 43.0 Å². The Balaban J connectivity index is 2.15. The molecule has 0 fully saturated rings. The van der Waals surface area contributed by atoms with Crippen molar-refractivity contribution in [2.24, 2.45) is 0 Å². The van der Waals surface area contributed by atoms with Gasteiger partial charge in [0.05, 0.1) is 0 Å². The van der Waals surface area contributed by atoms with Crippen molar-refractivity contribution < 1.29 is 4.74 Å². The van der Waals surface area contributed by atoms with Gasteiger partial charge in [-0.15, -0.1) is 0 Å². The Hall–Kier alpha value is -2.22. The Morgan fingerprint density at radius 2 is 1.94 bits per heavy atom. The Kier molecular flexibility index (Phi) is 3.68. The van der Waals surface area contributed by atoms with Crippen LogP contribution in [0.2, 0.25) is 0 Å². The summed E-state index contributed by atoms with van der Waals surface area (Å²) in [5, 5.41) is 0. The number of rotatable bonds is 4. The van der Waals surface area contributed by atoms with Gasteiger partial charge in [-0.05, 0) is 30.2 Å². The maximum Gasteiger partial charge on any atom is 0.120 e. The van der Waals surface area contributed by atoms with Crippen molar-refractivity contribution in [3.8, 4) is 5.75 Å². The molecule has 0 unspecified atom stereocenters. The molecular formula is C16H17NO. The topological polar surface area (TPSA) is 35.2 Å². The van der Waals surface area contributed by atoms with Gasteiger partial charge in [-0.3, -0.25) is 0 Å². The summed E-state index contributed by atoms with van der Waals surface area (Å²) in [4.78, 5) is 0. The average Bonchev–Trinajstić information content (AvgIpc) is 2.41. The summed E-state index contributed by atoms with van der Waals surface area (Å²) in [6.07, 6.45) is 1.75. The molecule has 0 radical (unpaired) electrons. The third kappa shape index (κ3) is 2.72. The van der Waals surface area contributed by atoms with E-state index in [4.69, 9.17) is 10.5 Å². The van der Waals surface area contributed by atoms with Crippen LogP contribution in [0.4, 0.5) is 5.69 Å². The van der Waals surface area contributed by atoms with E-state index >= 15 is 0 Å². The molecule has 0 aromatic heterocycles. The minimum Gasteiger partial charge on any atom is -0.489 e. The molecule has 0 saturated carbocycles. The van der Waals surface area contributed by atoms with E-state index in [0.29, 0.717) is 6.61 Å². The zero-order chi connectivity index (χ0) is 13.0. The second kappa shape index (κ2) is 5.41. The van der Waals surface area contributed by atoms with Gasteiger partial charge >= 0.3 is 0 Å². The smallest absolute Gasteiger partial charge is 0.120 e. The molecule has 0 atom stereocenters. The third-order valence-electron chi connectivity index (χ3n) is 2.86. The Morgan fingerprint density at radius 1 is 1.22 bits per heavy atom. The van der Waals surface area contributed by atoms with E-state index in [1.165, 1.54) is 0 Å². The highest BCUT2D eigenvalue weighted by molar-refractivity contribution is 5.68. The highest BCUT2D eigenvalue weighted by atomic mass is 16.5. The van der Waals surface area contributed by atoms with Crippen LogP contribution < -0.4 is 10.5 Å². The fraction of sp³-hybridized carbons (Fsp3) is 0.125. The number of hydrogen-bond acceptors (Lipinski definition) is 2. The monoisotopic (exact) mass is 239 g/mol. The number of benzene rings is 2. The summed E-state index contributed by atoms with van der Waals surface area (Å²) in [7, 11) is 0. The second-order valence-electron chi connectivity index (χ2n) is 4.22. The molecule has 2 N–H and O–H groups in total. The van der Waals surface area contributed by atoms with Crippen LogP contribution >= 0.6 is 0 Å². The molecule has 0 aliphatic heterocycles. The summed E-state index contributed by atoms with van der Waals surface area (Å²) < 4.78 is 5.77. The van der Waals surface area contributed by atoms with E-state index < -0.39 is 0 Å². The van der Waals surface area contributed by atoms with Crippen LogP contribution in [0, 0.1) is 6.92 Å². The first-order valence-electron chi connectivity index (χ1n) is 5.90. The molecule has 0 spiro atoms. The van der Waals surface area contributed by atoms with Crippen molar-refractivity contribution in [3.63, 3.8) is 0 Å². The molecule has 2 heteroatoms. The molecule has 0 heterocycles. The molecule has 0 aliphatic carbocycles. The van der Waals surface area contributed by atoms with E-state index in [2.05, 4.69) is 6.58 Å². The van der Waals surface area contributed by atoms with Crippen LogP contribution in [0.1, 0.15) is 16.7 Å². The average molecular weight is 239 g/mol. The maximum atomic E-state index is 5.94. The van der Waals surface area contributed by atoms with Crippen molar-refractivity contribution >= 4 is 11.8 Å². The van der Waals surface area contributed by atoms with Crippen molar-refractivity contribution in [2.45, 2.75) is 13.5 Å². The van der Waals surface area contributed by atoms with E-state index in [9.17, 15) is 0 Å². The molecular weight excluding hydrogens is 222 g/mol. The molecule has 0 saturated heterocycles. The summed E-state index contributed by atoms with van der Waals surface area (Å²) in [5.41, 5.74) is 9.77. The van der Waals surface area contributed by atoms with Gasteiger partial charge in [0, 0.05) is 11.3 Å². The molecule has 2 nitrogen and oxygen atoms in total. The van der Waals surface area contributed by atoms with Crippen molar-refractivity contribution in [1.29, 1.82) is 0 Å². The highest BCUT2D eigenvalue weighted by Crippen LogP contribution is 2.25. The van der Waals surface area contributed by atoms with Crippen molar-refractivity contribution in [2.75, 3.05) is 5.73 Å². The fourth-order valence-corrected chi connectivity index (χ4v) is 1.78. The SMILES string of the molecule is C=Cc1cc(OCc2ccccc2)cc(C)c1N. The van der Waals surface area contributed by atoms with Crippen LogP contribution in [-0.4, -0.2) is 0 Å². The molecule has 0 amide bonds. The van der Waals surface area contributed by atoms with Gasteiger partial charge in [0.15, 0.2) is 0 Å². The lowest BCUT2D eigenvalue weighted by Gasteiger charge is -2.11. The summed E-state index contributed by atoms with van der Waals surface area (Å²) >= 11 is 0. The largest absolute Gasteiger partial charge is 0.489 e. The van der Waals surface area contributed by atoms with Gasteiger partial charge < -0.3 is 10.5 Å². The molecule has 2 rings (SSSR count). The van der Waals surface area contributed by atoms with E-state index in [1.54, 1.807) is 6.08 Å². The summed E-state index contributed by atoms with van der Waals surface area (Å²) in [5.74, 6) is 0.820. The first-order chi connectivity index (χ1) is 8.70. The standard InChI is InChI=1S/C16H17NO/c1-3-14-10-15(9-12(2)16(14)17)18-11-13-7-5-4-6-8-13/h3-10H,1,11,17H2,2H3. The molecule has 2 aromatic rings. The second-order valence-corrected chi connectivity index (χ2v) is 4.22. The lowest BCUT2D eigenvalue weighted by molar-refractivity contribution is 0.306. The number of aryl methyl sites for hydroxylation is 1. The molecule has 2 aromatic carbocycles. The minimum atomic E-state index is 0.556. The van der Waals surface area contributed by atoms with Crippen LogP contribution in [0.15, 0.2) is 49.0 Å². The quantitative estimate of drug-likeness (QED) is 0.824. The zero-order valence-electron chi connectivity index (χ0n) is 10.5. The highest BCUT2D eigenvalue weighted by Gasteiger charge is 2.03. The number of anilines is 1. The summed E-state index contributed by atoms with van der Waals surface area (Å²) in [6.45, 7) is 6.28. The van der Waals surface area contributed by atoms with Gasteiger partial charge in [-0.25, -0.2) is 0 Å². The molecule has 18 heavy (non-hydrogen) atoms. The first-order valence-corrected chi connectivity index (χ1v) is 5.90. The lowest BCUT2D eigenvalue weighted by atomic mass is 10.1. The Morgan fingerprint density at radius 3 is 2.61 bits per heavy atom. The molecule has 0 aliphatic rings. The van der Waals surface area contributed by atoms with Gasteiger partial charge in [0.2, 0.25) is 0 Å². The van der Waals surface area contributed by atoms with Crippen molar-refractivity contribution in [1.82, 2.24) is 0 Å². The Bertz CT molecular complexity index is 547. The zero-order valence-corrected chi connectivity index (χ0v) is 10.5. The number of nitrogens with two attached hydrogens (primary N) is 1. The van der Waals surface area contributed by atoms with Crippen LogP contribution in [0.3, 0.4) is 0 Å². The lowest BCUT2D eigenvalue weighted by Crippen LogP contribution is -1.98. The molecule has 92 valence electrons. The third-order valence-corrected chi connectivity index (χ3v) is 2.86. The van der Waals surface area contributed by atoms with E-state index in [0.717, 1.165) is 28.1 Å². The molecule has 0 bridgehead atoms. The number of ether oxygens (including phenoxy) is 1. The van der Waals surface area contributed by atoms with Gasteiger partial charge in [0.1, 0.15) is 12.4 Å². The first kappa shape index (κ1) is 12.2. The normalized spacial score (nSPS) is 10.1. The van der Waals surface area contributed by atoms with Crippen molar-refractivity contribution in [3.05, 3.63) is 65.7 Å². The van der Waals surface area contributed by atoms with Crippen LogP contribution in [-0.2, 0) is 6.61 Å². The minimum absolute atomic E-state index is 0.556. The fourth-order valence-electron chi connectivity index (χ4n) is 1.78. The van der Waals surface area contributed by atoms with E-state index in [-0.39, 0.29) is 0 Å². The van der Waals surface area contributed by atoms with Crippen LogP contribution in [0.25, 0.3) is 6.08 Å². The number of hydrogen-bond donors (Lipinski definition) is 1. The predicted octanol–water partition coefficient (Wildman–Crippen LogP) is 3.80. The Labute approximate surface area is 108 Å². The van der Waals surface area contributed by atoms with Gasteiger partial charge in [-0.2, -0.15) is 0 Å². The van der Waals surface area contributed by atoms with Crippen LogP contribution in [0.5, 0.6) is 5.75 Å².